The van der Waals surface area contributed by atoms with Gasteiger partial charge in [-0.05, 0) is 61.2 Å². The lowest BCUT2D eigenvalue weighted by molar-refractivity contribution is -0.344. The monoisotopic (exact) mass is 1060 g/mol. The largest absolute Gasteiger partial charge is 0.463 e. The molecule has 7 heteroatoms. The molecule has 10 atom stereocenters. The molecule has 2 aliphatic rings. The molecular weight excluding hydrogens is 929 g/mol. The Balaban J connectivity index is 1.95. The van der Waals surface area contributed by atoms with Gasteiger partial charge in [0.2, 0.25) is 0 Å². The van der Waals surface area contributed by atoms with Crippen LogP contribution in [0.4, 0.5) is 0 Å². The van der Waals surface area contributed by atoms with Gasteiger partial charge >= 0.3 is 11.9 Å². The van der Waals surface area contributed by atoms with Crippen LogP contribution in [0.5, 0.6) is 0 Å². The summed E-state index contributed by atoms with van der Waals surface area (Å²) in [6.07, 6.45) is 51.7. The molecule has 0 aromatic rings. The smallest absolute Gasteiger partial charge is 0.306 e. The fourth-order valence-corrected chi connectivity index (χ4v) is 12.4. The van der Waals surface area contributed by atoms with E-state index in [1.807, 2.05) is 0 Å². The van der Waals surface area contributed by atoms with Gasteiger partial charge in [-0.2, -0.15) is 0 Å². The number of unbranched alkanes of at least 4 members (excludes halogenated alkanes) is 32. The van der Waals surface area contributed by atoms with Crippen LogP contribution in [0.3, 0.4) is 0 Å². The van der Waals surface area contributed by atoms with Gasteiger partial charge in [0.1, 0.15) is 13.2 Å². The SMILES string of the molecule is CCCCCCCCCCCC(CCCCCCCCCCC)CC(=O)OCC1O[C@@H](O[C@@H]2OC(COC(=O)CC(CCCCCCCCCCC)CCCCCCCCCCC)[C@H](C)[C@H](C)C2C)C(C)[C@@H](C)[C@H]1C. The highest BCUT2D eigenvalue weighted by molar-refractivity contribution is 5.70. The number of rotatable bonds is 50. The molecule has 444 valence electrons. The van der Waals surface area contributed by atoms with Crippen LogP contribution in [-0.4, -0.2) is 49.9 Å². The summed E-state index contributed by atoms with van der Waals surface area (Å²) in [5.74, 6) is 1.96. The van der Waals surface area contributed by atoms with Crippen molar-refractivity contribution in [1.29, 1.82) is 0 Å². The zero-order valence-corrected chi connectivity index (χ0v) is 51.9. The van der Waals surface area contributed by atoms with Gasteiger partial charge in [-0.3, -0.25) is 9.59 Å². The second-order valence-electron chi connectivity index (χ2n) is 25.4. The Morgan fingerprint density at radius 2 is 0.547 bits per heavy atom. The van der Waals surface area contributed by atoms with Crippen molar-refractivity contribution in [1.82, 2.24) is 0 Å². The van der Waals surface area contributed by atoms with Crippen LogP contribution in [0.1, 0.15) is 339 Å². The van der Waals surface area contributed by atoms with Crippen LogP contribution >= 0.6 is 0 Å². The summed E-state index contributed by atoms with van der Waals surface area (Å²) in [5.41, 5.74) is 0. The van der Waals surface area contributed by atoms with Gasteiger partial charge in [0.05, 0.1) is 12.2 Å². The third-order valence-corrected chi connectivity index (χ3v) is 18.8. The molecule has 0 aliphatic carbocycles. The molecule has 0 bridgehead atoms. The van der Waals surface area contributed by atoms with Crippen LogP contribution in [0, 0.1) is 47.3 Å². The number of carbonyl (C=O) groups excluding carboxylic acids is 2. The Labute approximate surface area is 467 Å². The van der Waals surface area contributed by atoms with Crippen LogP contribution in [0.2, 0.25) is 0 Å². The van der Waals surface area contributed by atoms with E-state index in [0.29, 0.717) is 36.5 Å². The van der Waals surface area contributed by atoms with E-state index in [4.69, 9.17) is 23.7 Å². The van der Waals surface area contributed by atoms with Gasteiger partial charge < -0.3 is 23.7 Å². The molecule has 0 spiro atoms. The number of hydrogen-bond acceptors (Lipinski definition) is 7. The van der Waals surface area contributed by atoms with Crippen molar-refractivity contribution < 1.29 is 33.3 Å². The van der Waals surface area contributed by atoms with Gasteiger partial charge in [0.25, 0.3) is 0 Å². The minimum atomic E-state index is -0.481. The lowest BCUT2D eigenvalue weighted by Gasteiger charge is -2.48. The summed E-state index contributed by atoms with van der Waals surface area (Å²) < 4.78 is 32.7. The average Bonchev–Trinajstić information content (AvgIpc) is 3.40. The average molecular weight is 1060 g/mol. The van der Waals surface area contributed by atoms with Crippen molar-refractivity contribution in [3.8, 4) is 0 Å². The van der Waals surface area contributed by atoms with Gasteiger partial charge in [0, 0.05) is 24.7 Å². The van der Waals surface area contributed by atoms with Crippen molar-refractivity contribution >= 4 is 11.9 Å². The number of carbonyl (C=O) groups is 2. The topological polar surface area (TPSA) is 80.3 Å². The standard InChI is InChI=1S/C68H130O7/c1-11-15-19-23-27-31-35-39-43-47-61(48-44-40-36-32-28-24-20-16-12-2)51-65(69)71-53-63-57(7)55(5)59(9)67(73-63)75-68-60(10)56(6)58(8)64(74-68)54-72-66(70)52-62(49-45-41-37-33-29-25-21-17-13-3)50-46-42-38-34-30-26-22-18-14-4/h55-64,67-68H,11-54H2,1-10H3/t55-,56-,57+,58+,59?,60?,63?,64?,67-,68-/m0/s1. The molecule has 2 rings (SSSR count). The van der Waals surface area contributed by atoms with Crippen LogP contribution in [0.25, 0.3) is 0 Å². The van der Waals surface area contributed by atoms with E-state index < -0.39 is 12.6 Å². The molecule has 2 fully saturated rings. The van der Waals surface area contributed by atoms with E-state index in [9.17, 15) is 9.59 Å². The predicted octanol–water partition coefficient (Wildman–Crippen LogP) is 21.1. The molecule has 7 nitrogen and oxygen atoms in total. The lowest BCUT2D eigenvalue weighted by atomic mass is 9.78. The second-order valence-corrected chi connectivity index (χ2v) is 25.4. The van der Waals surface area contributed by atoms with Crippen LogP contribution < -0.4 is 0 Å². The second kappa shape index (κ2) is 46.6. The highest BCUT2D eigenvalue weighted by Crippen LogP contribution is 2.41. The molecule has 4 unspecified atom stereocenters. The minimum absolute atomic E-state index is 0.0749. The summed E-state index contributed by atoms with van der Waals surface area (Å²) in [7, 11) is 0. The summed E-state index contributed by atoms with van der Waals surface area (Å²) in [6.45, 7) is 23.1. The molecule has 0 saturated carbocycles. The van der Waals surface area contributed by atoms with Gasteiger partial charge in [-0.1, -0.05) is 300 Å². The molecule has 0 aromatic carbocycles. The zero-order chi connectivity index (χ0) is 54.7. The molecule has 0 aromatic heterocycles. The third-order valence-electron chi connectivity index (χ3n) is 18.8. The number of ether oxygens (including phenoxy) is 5. The first-order chi connectivity index (χ1) is 36.5. The summed E-state index contributed by atoms with van der Waals surface area (Å²) in [6, 6.07) is 0. The fourth-order valence-electron chi connectivity index (χ4n) is 12.4. The highest BCUT2D eigenvalue weighted by atomic mass is 16.8. The normalized spacial score (nSPS) is 24.1. The molecule has 2 saturated heterocycles. The molecule has 2 aliphatic heterocycles. The molecule has 0 amide bonds. The Hall–Kier alpha value is -1.18. The lowest BCUT2D eigenvalue weighted by Crippen LogP contribution is -2.53. The van der Waals surface area contributed by atoms with Crippen molar-refractivity contribution in [2.75, 3.05) is 13.2 Å². The van der Waals surface area contributed by atoms with Gasteiger partial charge in [-0.25, -0.2) is 0 Å². The quantitative estimate of drug-likeness (QED) is 0.0443. The van der Waals surface area contributed by atoms with Crippen molar-refractivity contribution in [2.24, 2.45) is 47.3 Å². The predicted molar refractivity (Wildman–Crippen MR) is 319 cm³/mol. The highest BCUT2D eigenvalue weighted by Gasteiger charge is 2.46. The molecule has 75 heavy (non-hydrogen) atoms. The third kappa shape index (κ3) is 33.2. The Bertz CT molecular complexity index is 1170. The van der Waals surface area contributed by atoms with E-state index in [1.54, 1.807) is 0 Å². The molecule has 0 N–H and O–H groups in total. The summed E-state index contributed by atoms with van der Waals surface area (Å²) in [5, 5.41) is 0. The Morgan fingerprint density at radius 3 is 0.787 bits per heavy atom. The molecular formula is C68H130O7. The van der Waals surface area contributed by atoms with E-state index in [2.05, 4.69) is 69.2 Å². The van der Waals surface area contributed by atoms with Gasteiger partial charge in [-0.15, -0.1) is 0 Å². The maximum absolute atomic E-state index is 13.6. The first-order valence-electron chi connectivity index (χ1n) is 33.7. The van der Waals surface area contributed by atoms with Crippen LogP contribution in [-0.2, 0) is 33.3 Å². The Morgan fingerprint density at radius 1 is 0.320 bits per heavy atom. The van der Waals surface area contributed by atoms with Gasteiger partial charge in [0.15, 0.2) is 12.6 Å². The summed E-state index contributed by atoms with van der Waals surface area (Å²) >= 11 is 0. The fraction of sp³-hybridized carbons (Fsp3) is 0.971. The van der Waals surface area contributed by atoms with Crippen LogP contribution in [0.15, 0.2) is 0 Å². The van der Waals surface area contributed by atoms with E-state index >= 15 is 0 Å². The number of hydrogen-bond donors (Lipinski definition) is 0. The van der Waals surface area contributed by atoms with E-state index in [-0.39, 0.29) is 61.0 Å². The van der Waals surface area contributed by atoms with E-state index in [1.165, 1.54) is 231 Å². The van der Waals surface area contributed by atoms with Crippen molar-refractivity contribution in [2.45, 2.75) is 364 Å². The maximum Gasteiger partial charge on any atom is 0.306 e. The Kier molecular flexibility index (Phi) is 43.4. The summed E-state index contributed by atoms with van der Waals surface area (Å²) in [4.78, 5) is 27.3. The van der Waals surface area contributed by atoms with Crippen molar-refractivity contribution in [3.63, 3.8) is 0 Å². The van der Waals surface area contributed by atoms with E-state index in [0.717, 1.165) is 25.7 Å². The number of esters is 2. The molecule has 0 radical (unpaired) electrons. The first kappa shape index (κ1) is 69.9. The molecule has 2 heterocycles. The first-order valence-corrected chi connectivity index (χ1v) is 33.7. The van der Waals surface area contributed by atoms with Crippen molar-refractivity contribution in [3.05, 3.63) is 0 Å². The minimum Gasteiger partial charge on any atom is -0.463 e. The zero-order valence-electron chi connectivity index (χ0n) is 51.9. The maximum atomic E-state index is 13.6.